The molecule has 0 radical (unpaired) electrons. The van der Waals surface area contributed by atoms with Gasteiger partial charge in [0.05, 0.1) is 20.8 Å². The predicted molar refractivity (Wildman–Crippen MR) is 91.3 cm³/mol. The van der Waals surface area contributed by atoms with Crippen LogP contribution in [0.3, 0.4) is 0 Å². The third-order valence-electron chi connectivity index (χ3n) is 3.67. The standard InChI is InChI=1S/C18H19N3O3/c1-12-6-4-5-7-14(12)18-21-20-17(24-18)11-19-13-8-9-15(22-2)16(10-13)23-3/h4-10,19H,11H2,1-3H3. The van der Waals surface area contributed by atoms with Gasteiger partial charge in [0.2, 0.25) is 11.8 Å². The van der Waals surface area contributed by atoms with Crippen LogP contribution in [0.25, 0.3) is 11.5 Å². The molecule has 0 unspecified atom stereocenters. The summed E-state index contributed by atoms with van der Waals surface area (Å²) in [4.78, 5) is 0. The molecule has 0 fully saturated rings. The van der Waals surface area contributed by atoms with Crippen molar-refractivity contribution in [2.45, 2.75) is 13.5 Å². The molecule has 0 spiro atoms. The Morgan fingerprint density at radius 3 is 2.54 bits per heavy atom. The van der Waals surface area contributed by atoms with Gasteiger partial charge in [-0.05, 0) is 30.7 Å². The number of hydrogen-bond donors (Lipinski definition) is 1. The second kappa shape index (κ2) is 7.04. The zero-order chi connectivity index (χ0) is 16.9. The molecule has 3 aromatic rings. The second-order valence-corrected chi connectivity index (χ2v) is 5.24. The van der Waals surface area contributed by atoms with E-state index in [9.17, 15) is 0 Å². The molecule has 6 heteroatoms. The number of aromatic nitrogens is 2. The van der Waals surface area contributed by atoms with E-state index in [0.717, 1.165) is 16.8 Å². The molecular weight excluding hydrogens is 306 g/mol. The molecule has 3 rings (SSSR count). The van der Waals surface area contributed by atoms with Crippen LogP contribution in [0.4, 0.5) is 5.69 Å². The summed E-state index contributed by atoms with van der Waals surface area (Å²) in [5, 5.41) is 11.4. The summed E-state index contributed by atoms with van der Waals surface area (Å²) < 4.78 is 16.2. The van der Waals surface area contributed by atoms with Crippen molar-refractivity contribution >= 4 is 5.69 Å². The van der Waals surface area contributed by atoms with Gasteiger partial charge in [0.15, 0.2) is 11.5 Å². The first kappa shape index (κ1) is 15.9. The Kier molecular flexibility index (Phi) is 4.65. The molecule has 0 bridgehead atoms. The van der Waals surface area contributed by atoms with E-state index in [1.54, 1.807) is 14.2 Å². The Hall–Kier alpha value is -3.02. The Labute approximate surface area is 140 Å². The minimum absolute atomic E-state index is 0.425. The van der Waals surface area contributed by atoms with Gasteiger partial charge >= 0.3 is 0 Å². The van der Waals surface area contributed by atoms with Crippen LogP contribution < -0.4 is 14.8 Å². The van der Waals surface area contributed by atoms with E-state index in [2.05, 4.69) is 15.5 Å². The lowest BCUT2D eigenvalue weighted by molar-refractivity contribution is 0.355. The monoisotopic (exact) mass is 325 g/mol. The first-order valence-corrected chi connectivity index (χ1v) is 7.55. The van der Waals surface area contributed by atoms with Crippen molar-refractivity contribution in [3.63, 3.8) is 0 Å². The van der Waals surface area contributed by atoms with Crippen LogP contribution in [0.15, 0.2) is 46.9 Å². The van der Waals surface area contributed by atoms with Crippen molar-refractivity contribution in [2.75, 3.05) is 19.5 Å². The van der Waals surface area contributed by atoms with Crippen LogP contribution in [0.5, 0.6) is 11.5 Å². The van der Waals surface area contributed by atoms with Gasteiger partial charge in [0.25, 0.3) is 0 Å². The van der Waals surface area contributed by atoms with Gasteiger partial charge in [-0.1, -0.05) is 18.2 Å². The van der Waals surface area contributed by atoms with Crippen LogP contribution in [0, 0.1) is 6.92 Å². The number of hydrogen-bond acceptors (Lipinski definition) is 6. The molecule has 0 aliphatic rings. The Bertz CT molecular complexity index is 830. The van der Waals surface area contributed by atoms with E-state index in [1.807, 2.05) is 49.4 Å². The van der Waals surface area contributed by atoms with Crippen molar-refractivity contribution in [2.24, 2.45) is 0 Å². The third-order valence-corrected chi connectivity index (χ3v) is 3.67. The molecular formula is C18H19N3O3. The number of anilines is 1. The van der Waals surface area contributed by atoms with Gasteiger partial charge in [-0.15, -0.1) is 10.2 Å². The van der Waals surface area contributed by atoms with E-state index in [0.29, 0.717) is 29.8 Å². The summed E-state index contributed by atoms with van der Waals surface area (Å²) in [6.07, 6.45) is 0. The third kappa shape index (κ3) is 3.32. The fourth-order valence-electron chi connectivity index (χ4n) is 2.37. The Morgan fingerprint density at radius 1 is 1.00 bits per heavy atom. The maximum Gasteiger partial charge on any atom is 0.248 e. The van der Waals surface area contributed by atoms with Gasteiger partial charge in [0, 0.05) is 17.3 Å². The smallest absolute Gasteiger partial charge is 0.248 e. The highest BCUT2D eigenvalue weighted by Crippen LogP contribution is 2.30. The first-order valence-electron chi connectivity index (χ1n) is 7.55. The minimum atomic E-state index is 0.425. The fourth-order valence-corrected chi connectivity index (χ4v) is 2.37. The van der Waals surface area contributed by atoms with Crippen molar-refractivity contribution in [3.05, 3.63) is 53.9 Å². The molecule has 6 nitrogen and oxygen atoms in total. The molecule has 24 heavy (non-hydrogen) atoms. The summed E-state index contributed by atoms with van der Waals surface area (Å²) in [6.45, 7) is 2.44. The average Bonchev–Trinajstić information content (AvgIpc) is 3.08. The van der Waals surface area contributed by atoms with E-state index in [1.165, 1.54) is 0 Å². The highest BCUT2D eigenvalue weighted by atomic mass is 16.5. The second-order valence-electron chi connectivity index (χ2n) is 5.24. The number of methoxy groups -OCH3 is 2. The van der Waals surface area contributed by atoms with Crippen LogP contribution in [0.2, 0.25) is 0 Å². The summed E-state index contributed by atoms with van der Waals surface area (Å²) in [7, 11) is 3.21. The summed E-state index contributed by atoms with van der Waals surface area (Å²) in [5.41, 5.74) is 2.92. The molecule has 1 N–H and O–H groups in total. The number of ether oxygens (including phenoxy) is 2. The molecule has 0 aliphatic heterocycles. The summed E-state index contributed by atoms with van der Waals surface area (Å²) >= 11 is 0. The molecule has 0 amide bonds. The normalized spacial score (nSPS) is 10.5. The summed E-state index contributed by atoms with van der Waals surface area (Å²) in [6, 6.07) is 13.5. The largest absolute Gasteiger partial charge is 0.493 e. The van der Waals surface area contributed by atoms with Crippen molar-refractivity contribution in [1.82, 2.24) is 10.2 Å². The SMILES string of the molecule is COc1ccc(NCc2nnc(-c3ccccc3C)o2)cc1OC. The number of benzene rings is 2. The van der Waals surface area contributed by atoms with Crippen molar-refractivity contribution < 1.29 is 13.9 Å². The maximum atomic E-state index is 5.73. The molecule has 2 aromatic carbocycles. The van der Waals surface area contributed by atoms with Crippen LogP contribution in [-0.4, -0.2) is 24.4 Å². The van der Waals surface area contributed by atoms with E-state index < -0.39 is 0 Å². The molecule has 124 valence electrons. The van der Waals surface area contributed by atoms with Crippen LogP contribution >= 0.6 is 0 Å². The molecule has 1 aromatic heterocycles. The number of nitrogens with zero attached hydrogens (tertiary/aromatic N) is 2. The predicted octanol–water partition coefficient (Wildman–Crippen LogP) is 3.67. The number of rotatable bonds is 6. The zero-order valence-electron chi connectivity index (χ0n) is 13.9. The quantitative estimate of drug-likeness (QED) is 0.745. The number of aryl methyl sites for hydroxylation is 1. The van der Waals surface area contributed by atoms with E-state index in [-0.39, 0.29) is 0 Å². The van der Waals surface area contributed by atoms with E-state index in [4.69, 9.17) is 13.9 Å². The zero-order valence-corrected chi connectivity index (χ0v) is 13.9. The molecule has 0 saturated heterocycles. The Balaban J connectivity index is 1.71. The fraction of sp³-hybridized carbons (Fsp3) is 0.222. The maximum absolute atomic E-state index is 5.73. The summed E-state index contributed by atoms with van der Waals surface area (Å²) in [5.74, 6) is 2.39. The van der Waals surface area contributed by atoms with Crippen LogP contribution in [-0.2, 0) is 6.54 Å². The minimum Gasteiger partial charge on any atom is -0.493 e. The highest BCUT2D eigenvalue weighted by molar-refractivity contribution is 5.58. The van der Waals surface area contributed by atoms with Crippen molar-refractivity contribution in [1.29, 1.82) is 0 Å². The topological polar surface area (TPSA) is 69.4 Å². The highest BCUT2D eigenvalue weighted by Gasteiger charge is 2.11. The number of nitrogens with one attached hydrogen (secondary N) is 1. The Morgan fingerprint density at radius 2 is 1.79 bits per heavy atom. The molecule has 0 saturated carbocycles. The average molecular weight is 325 g/mol. The van der Waals surface area contributed by atoms with Crippen molar-refractivity contribution in [3.8, 4) is 23.0 Å². The molecule has 1 heterocycles. The molecule has 0 aliphatic carbocycles. The van der Waals surface area contributed by atoms with Gasteiger partial charge < -0.3 is 19.2 Å². The van der Waals surface area contributed by atoms with Crippen LogP contribution in [0.1, 0.15) is 11.5 Å². The van der Waals surface area contributed by atoms with E-state index >= 15 is 0 Å². The lowest BCUT2D eigenvalue weighted by Crippen LogP contribution is -2.00. The van der Waals surface area contributed by atoms with Gasteiger partial charge in [-0.3, -0.25) is 0 Å². The first-order chi connectivity index (χ1) is 11.7. The lowest BCUT2D eigenvalue weighted by Gasteiger charge is -2.10. The van der Waals surface area contributed by atoms with Gasteiger partial charge in [0.1, 0.15) is 0 Å². The molecule has 0 atom stereocenters. The van der Waals surface area contributed by atoms with Gasteiger partial charge in [-0.2, -0.15) is 0 Å². The van der Waals surface area contributed by atoms with Gasteiger partial charge in [-0.25, -0.2) is 0 Å². The lowest BCUT2D eigenvalue weighted by atomic mass is 10.1.